The van der Waals surface area contributed by atoms with E-state index in [2.05, 4.69) is 15.0 Å². The first kappa shape index (κ1) is 20.7. The lowest BCUT2D eigenvalue weighted by Gasteiger charge is -2.26. The number of nitrogen functional groups attached to an aromatic ring is 1. The van der Waals surface area contributed by atoms with Crippen LogP contribution in [0.25, 0.3) is 11.4 Å². The molecule has 152 valence electrons. The summed E-state index contributed by atoms with van der Waals surface area (Å²) in [4.78, 5) is 11.5. The molecule has 0 aliphatic heterocycles. The highest BCUT2D eigenvalue weighted by atomic mass is 32.2. The van der Waals surface area contributed by atoms with Crippen molar-refractivity contribution in [3.63, 3.8) is 0 Å². The molecular weight excluding hydrogens is 409 g/mol. The summed E-state index contributed by atoms with van der Waals surface area (Å²) < 4.78 is 63.8. The quantitative estimate of drug-likeness (QED) is 0.661. The molecule has 3 N–H and O–H groups in total. The Morgan fingerprint density at radius 1 is 0.862 bits per heavy atom. The van der Waals surface area contributed by atoms with E-state index < -0.39 is 27.2 Å². The average molecular weight is 424 g/mol. The largest absolute Gasteiger partial charge is 0.421 e. The zero-order chi connectivity index (χ0) is 21.4. The monoisotopic (exact) mass is 424 g/mol. The van der Waals surface area contributed by atoms with Gasteiger partial charge in [0.25, 0.3) is 0 Å². The number of rotatable bonds is 4. The van der Waals surface area contributed by atoms with Gasteiger partial charge in [0.1, 0.15) is 5.82 Å². The van der Waals surface area contributed by atoms with E-state index in [1.807, 2.05) is 0 Å². The number of halogens is 3. The first-order valence-corrected chi connectivity index (χ1v) is 9.60. The van der Waals surface area contributed by atoms with Crippen molar-refractivity contribution < 1.29 is 26.7 Å². The fourth-order valence-corrected chi connectivity index (χ4v) is 3.52. The normalized spacial score (nSPS) is 14.4. The molecule has 3 aromatic heterocycles. The van der Waals surface area contributed by atoms with Crippen LogP contribution in [-0.2, 0) is 15.4 Å². The Labute approximate surface area is 164 Å². The SMILES string of the molecule is C[C@@](O)(c1ccc(-c2ccc(S(=O)(=O)c3ccc(N)nc3)cn2)nc1)C(F)(F)F. The average Bonchev–Trinajstić information content (AvgIpc) is 2.68. The second-order valence-corrected chi connectivity index (χ2v) is 8.25. The van der Waals surface area contributed by atoms with E-state index in [9.17, 15) is 26.7 Å². The van der Waals surface area contributed by atoms with Gasteiger partial charge in [-0.15, -0.1) is 0 Å². The summed E-state index contributed by atoms with van der Waals surface area (Å²) in [6.45, 7) is 0.633. The highest BCUT2D eigenvalue weighted by molar-refractivity contribution is 7.91. The Morgan fingerprint density at radius 3 is 1.79 bits per heavy atom. The van der Waals surface area contributed by atoms with Crippen LogP contribution < -0.4 is 5.73 Å². The zero-order valence-corrected chi connectivity index (χ0v) is 15.7. The minimum absolute atomic E-state index is 0.0573. The topological polar surface area (TPSA) is 119 Å². The summed E-state index contributed by atoms with van der Waals surface area (Å²) >= 11 is 0. The van der Waals surface area contributed by atoms with E-state index in [1.165, 1.54) is 30.3 Å². The molecule has 3 aromatic rings. The molecule has 0 aromatic carbocycles. The predicted molar refractivity (Wildman–Crippen MR) is 97.2 cm³/mol. The predicted octanol–water partition coefficient (Wildman–Crippen LogP) is 2.72. The number of alkyl halides is 3. The fraction of sp³-hybridized carbons (Fsp3) is 0.167. The van der Waals surface area contributed by atoms with Crippen molar-refractivity contribution in [2.75, 3.05) is 5.73 Å². The third kappa shape index (κ3) is 3.91. The van der Waals surface area contributed by atoms with Gasteiger partial charge in [0, 0.05) is 24.2 Å². The maximum absolute atomic E-state index is 12.9. The molecule has 0 bridgehead atoms. The van der Waals surface area contributed by atoms with Crippen molar-refractivity contribution in [2.24, 2.45) is 0 Å². The van der Waals surface area contributed by atoms with Crippen molar-refractivity contribution in [3.8, 4) is 11.4 Å². The third-order valence-electron chi connectivity index (χ3n) is 4.26. The van der Waals surface area contributed by atoms with Gasteiger partial charge in [-0.05, 0) is 37.3 Å². The number of nitrogens with zero attached hydrogens (tertiary/aromatic N) is 3. The van der Waals surface area contributed by atoms with Crippen molar-refractivity contribution in [3.05, 3.63) is 60.6 Å². The molecule has 0 unspecified atom stereocenters. The van der Waals surface area contributed by atoms with Crippen molar-refractivity contribution in [1.82, 2.24) is 15.0 Å². The van der Waals surface area contributed by atoms with Crippen LogP contribution in [-0.4, -0.2) is 34.7 Å². The zero-order valence-electron chi connectivity index (χ0n) is 14.9. The van der Waals surface area contributed by atoms with Crippen molar-refractivity contribution in [1.29, 1.82) is 0 Å². The Balaban J connectivity index is 1.88. The molecule has 0 fully saturated rings. The summed E-state index contributed by atoms with van der Waals surface area (Å²) in [5, 5.41) is 9.67. The smallest absolute Gasteiger partial charge is 0.384 e. The lowest BCUT2D eigenvalue weighted by Crippen LogP contribution is -2.39. The van der Waals surface area contributed by atoms with Gasteiger partial charge >= 0.3 is 6.18 Å². The number of aliphatic hydroxyl groups is 1. The van der Waals surface area contributed by atoms with Gasteiger partial charge in [-0.2, -0.15) is 13.2 Å². The first-order chi connectivity index (χ1) is 13.4. The van der Waals surface area contributed by atoms with Gasteiger partial charge in [0.05, 0.1) is 21.2 Å². The van der Waals surface area contributed by atoms with Crippen LogP contribution >= 0.6 is 0 Å². The van der Waals surface area contributed by atoms with Crippen molar-refractivity contribution in [2.45, 2.75) is 28.5 Å². The molecule has 7 nitrogen and oxygen atoms in total. The summed E-state index contributed by atoms with van der Waals surface area (Å²) in [5.74, 6) is 0.177. The van der Waals surface area contributed by atoms with Gasteiger partial charge in [-0.25, -0.2) is 13.4 Å². The van der Waals surface area contributed by atoms with Crippen LogP contribution in [0.5, 0.6) is 0 Å². The van der Waals surface area contributed by atoms with Crippen LogP contribution in [0.2, 0.25) is 0 Å². The van der Waals surface area contributed by atoms with E-state index >= 15 is 0 Å². The summed E-state index contributed by atoms with van der Waals surface area (Å²) in [5.41, 5.74) is 2.44. The molecule has 3 heterocycles. The Hall–Kier alpha value is -3.05. The Bertz CT molecular complexity index is 1110. The summed E-state index contributed by atoms with van der Waals surface area (Å²) in [6, 6.07) is 7.70. The van der Waals surface area contributed by atoms with Crippen LogP contribution in [0, 0.1) is 0 Å². The van der Waals surface area contributed by atoms with Crippen LogP contribution in [0.15, 0.2) is 64.8 Å². The number of hydrogen-bond donors (Lipinski definition) is 2. The molecule has 0 saturated heterocycles. The molecular formula is C18H15F3N4O3S. The molecule has 0 radical (unpaired) electrons. The number of sulfone groups is 1. The summed E-state index contributed by atoms with van der Waals surface area (Å²) in [7, 11) is -3.86. The maximum atomic E-state index is 12.9. The molecule has 0 spiro atoms. The molecule has 3 rings (SSSR count). The molecule has 11 heteroatoms. The second kappa shape index (κ2) is 7.08. The van der Waals surface area contributed by atoms with Crippen LogP contribution in [0.4, 0.5) is 19.0 Å². The fourth-order valence-electron chi connectivity index (χ4n) is 2.37. The molecule has 0 amide bonds. The van der Waals surface area contributed by atoms with Gasteiger partial charge in [-0.1, -0.05) is 6.07 Å². The molecule has 1 atom stereocenters. The highest BCUT2D eigenvalue weighted by Gasteiger charge is 2.51. The minimum atomic E-state index is -4.86. The first-order valence-electron chi connectivity index (χ1n) is 8.11. The molecule has 0 saturated carbocycles. The lowest BCUT2D eigenvalue weighted by molar-refractivity contribution is -0.259. The van der Waals surface area contributed by atoms with E-state index in [0.29, 0.717) is 6.92 Å². The second-order valence-electron chi connectivity index (χ2n) is 6.30. The van der Waals surface area contributed by atoms with E-state index in [1.54, 1.807) is 0 Å². The van der Waals surface area contributed by atoms with Gasteiger partial charge in [-0.3, -0.25) is 9.97 Å². The van der Waals surface area contributed by atoms with Gasteiger partial charge in [0.2, 0.25) is 9.84 Å². The number of hydrogen-bond acceptors (Lipinski definition) is 7. The molecule has 0 aliphatic carbocycles. The van der Waals surface area contributed by atoms with Crippen molar-refractivity contribution >= 4 is 15.7 Å². The number of nitrogens with two attached hydrogens (primary N) is 1. The maximum Gasteiger partial charge on any atom is 0.421 e. The van der Waals surface area contributed by atoms with Gasteiger partial charge < -0.3 is 10.8 Å². The standard InChI is InChI=1S/C18H15F3N4O3S/c1-17(26,18(19,20)21)11-2-5-14(23-8-11)15-6-3-12(9-24-15)29(27,28)13-4-7-16(22)25-10-13/h2-10,26H,1H3,(H2,22,25)/t17-/m1/s1. The Kier molecular flexibility index (Phi) is 5.05. The van der Waals surface area contributed by atoms with E-state index in [4.69, 9.17) is 5.73 Å². The van der Waals surface area contributed by atoms with E-state index in [0.717, 1.165) is 24.7 Å². The molecule has 0 aliphatic rings. The number of pyridine rings is 3. The minimum Gasteiger partial charge on any atom is -0.384 e. The molecule has 29 heavy (non-hydrogen) atoms. The third-order valence-corrected chi connectivity index (χ3v) is 5.98. The van der Waals surface area contributed by atoms with Crippen LogP contribution in [0.3, 0.4) is 0 Å². The number of aromatic nitrogens is 3. The Morgan fingerprint density at radius 2 is 1.38 bits per heavy atom. The van der Waals surface area contributed by atoms with Gasteiger partial charge in [0.15, 0.2) is 5.60 Å². The summed E-state index contributed by atoms with van der Waals surface area (Å²) in [6.07, 6.45) is -1.72. The number of anilines is 1. The highest BCUT2D eigenvalue weighted by Crippen LogP contribution is 2.38. The lowest BCUT2D eigenvalue weighted by atomic mass is 9.97. The van der Waals surface area contributed by atoms with Crippen LogP contribution in [0.1, 0.15) is 12.5 Å². The van der Waals surface area contributed by atoms with E-state index in [-0.39, 0.29) is 27.0 Å².